The Kier molecular flexibility index (Phi) is 4.62. The first kappa shape index (κ1) is 15.6. The van der Waals surface area contributed by atoms with Crippen LogP contribution in [-0.2, 0) is 9.59 Å². The molecule has 6 nitrogen and oxygen atoms in total. The maximum Gasteiger partial charge on any atom is 0.242 e. The quantitative estimate of drug-likeness (QED) is 0.871. The Morgan fingerprint density at radius 3 is 2.83 bits per heavy atom. The molecule has 2 amide bonds. The molecule has 0 bridgehead atoms. The third-order valence-corrected chi connectivity index (χ3v) is 4.13. The number of aromatic nitrogens is 2. The van der Waals surface area contributed by atoms with E-state index in [2.05, 4.69) is 15.7 Å². The molecular weight excluding hydrogens is 316 g/mol. The topological polar surface area (TPSA) is 76.0 Å². The Bertz CT molecular complexity index is 685. The van der Waals surface area contributed by atoms with Crippen molar-refractivity contribution in [1.29, 1.82) is 0 Å². The SMILES string of the molecule is O=C1CC[C@H](C(=O)NC[C@H](c2ccc(Cl)cc2)n2cccn2)N1. The second-order valence-corrected chi connectivity index (χ2v) is 5.89. The number of benzene rings is 1. The fourth-order valence-corrected chi connectivity index (χ4v) is 2.77. The van der Waals surface area contributed by atoms with Gasteiger partial charge < -0.3 is 10.6 Å². The highest BCUT2D eigenvalue weighted by Crippen LogP contribution is 2.19. The maximum atomic E-state index is 12.2. The number of carbonyl (C=O) groups excluding carboxylic acids is 2. The average Bonchev–Trinajstić information content (AvgIpc) is 3.21. The van der Waals surface area contributed by atoms with Crippen molar-refractivity contribution in [3.05, 3.63) is 53.3 Å². The molecule has 1 aromatic heterocycles. The molecule has 3 rings (SSSR count). The monoisotopic (exact) mass is 332 g/mol. The van der Waals surface area contributed by atoms with Gasteiger partial charge in [0.25, 0.3) is 0 Å². The van der Waals surface area contributed by atoms with E-state index < -0.39 is 6.04 Å². The lowest BCUT2D eigenvalue weighted by Gasteiger charge is -2.20. The zero-order chi connectivity index (χ0) is 16.2. The van der Waals surface area contributed by atoms with Crippen LogP contribution in [0.25, 0.3) is 0 Å². The van der Waals surface area contributed by atoms with E-state index in [9.17, 15) is 9.59 Å². The second kappa shape index (κ2) is 6.83. The summed E-state index contributed by atoms with van der Waals surface area (Å²) in [7, 11) is 0. The van der Waals surface area contributed by atoms with Crippen molar-refractivity contribution < 1.29 is 9.59 Å². The summed E-state index contributed by atoms with van der Waals surface area (Å²) < 4.78 is 1.79. The van der Waals surface area contributed by atoms with E-state index in [1.807, 2.05) is 36.5 Å². The molecule has 1 aromatic carbocycles. The van der Waals surface area contributed by atoms with Crippen molar-refractivity contribution in [3.63, 3.8) is 0 Å². The van der Waals surface area contributed by atoms with E-state index in [1.54, 1.807) is 10.9 Å². The fourth-order valence-electron chi connectivity index (χ4n) is 2.65. The van der Waals surface area contributed by atoms with Gasteiger partial charge in [-0.3, -0.25) is 14.3 Å². The summed E-state index contributed by atoms with van der Waals surface area (Å²) in [6.07, 6.45) is 4.49. The number of hydrogen-bond acceptors (Lipinski definition) is 3. The van der Waals surface area contributed by atoms with Crippen LogP contribution in [-0.4, -0.2) is 34.2 Å². The highest BCUT2D eigenvalue weighted by Gasteiger charge is 2.27. The van der Waals surface area contributed by atoms with Crippen LogP contribution in [0.4, 0.5) is 0 Å². The summed E-state index contributed by atoms with van der Waals surface area (Å²) in [5, 5.41) is 10.5. The largest absolute Gasteiger partial charge is 0.352 e. The molecule has 0 aliphatic carbocycles. The summed E-state index contributed by atoms with van der Waals surface area (Å²) in [5.74, 6) is -0.242. The average molecular weight is 333 g/mol. The van der Waals surface area contributed by atoms with Gasteiger partial charge in [0.05, 0.1) is 6.04 Å². The molecule has 120 valence electrons. The Morgan fingerprint density at radius 2 is 2.22 bits per heavy atom. The van der Waals surface area contributed by atoms with E-state index in [0.29, 0.717) is 24.4 Å². The summed E-state index contributed by atoms with van der Waals surface area (Å²) in [6.45, 7) is 0.383. The number of nitrogens with zero attached hydrogens (tertiary/aromatic N) is 2. The number of carbonyl (C=O) groups is 2. The molecule has 2 heterocycles. The van der Waals surface area contributed by atoms with Crippen LogP contribution in [0.1, 0.15) is 24.4 Å². The predicted molar refractivity (Wildman–Crippen MR) is 86.0 cm³/mol. The normalized spacial score (nSPS) is 18.5. The minimum absolute atomic E-state index is 0.0773. The Hall–Kier alpha value is -2.34. The molecule has 23 heavy (non-hydrogen) atoms. The van der Waals surface area contributed by atoms with Gasteiger partial charge in [-0.2, -0.15) is 5.10 Å². The van der Waals surface area contributed by atoms with Crippen LogP contribution in [0.15, 0.2) is 42.7 Å². The number of halogens is 1. The predicted octanol–water partition coefficient (Wildman–Crippen LogP) is 1.52. The Morgan fingerprint density at radius 1 is 1.43 bits per heavy atom. The molecule has 1 aliphatic heterocycles. The number of rotatable bonds is 5. The second-order valence-electron chi connectivity index (χ2n) is 5.46. The van der Waals surface area contributed by atoms with Gasteiger partial charge in [-0.15, -0.1) is 0 Å². The molecule has 0 saturated carbocycles. The zero-order valence-electron chi connectivity index (χ0n) is 12.4. The van der Waals surface area contributed by atoms with Gasteiger partial charge in [-0.25, -0.2) is 0 Å². The molecule has 2 N–H and O–H groups in total. The van der Waals surface area contributed by atoms with Gasteiger partial charge in [-0.1, -0.05) is 23.7 Å². The van der Waals surface area contributed by atoms with Gasteiger partial charge in [0.15, 0.2) is 0 Å². The van der Waals surface area contributed by atoms with Crippen LogP contribution < -0.4 is 10.6 Å². The molecule has 0 radical (unpaired) electrons. The fraction of sp³-hybridized carbons (Fsp3) is 0.312. The van der Waals surface area contributed by atoms with Gasteiger partial charge in [0.1, 0.15) is 6.04 Å². The number of hydrogen-bond donors (Lipinski definition) is 2. The molecule has 1 saturated heterocycles. The van der Waals surface area contributed by atoms with E-state index in [1.165, 1.54) is 0 Å². The van der Waals surface area contributed by atoms with Crippen molar-refractivity contribution in [3.8, 4) is 0 Å². The smallest absolute Gasteiger partial charge is 0.242 e. The standard InChI is InChI=1S/C16H17ClN4O2/c17-12-4-2-11(3-5-12)14(21-9-1-8-19-21)10-18-16(23)13-6-7-15(22)20-13/h1-5,8-9,13-14H,6-7,10H2,(H,18,23)(H,20,22)/t13-,14-/m1/s1. The molecule has 7 heteroatoms. The third kappa shape index (κ3) is 3.71. The van der Waals surface area contributed by atoms with Crippen LogP contribution >= 0.6 is 11.6 Å². The lowest BCUT2D eigenvalue weighted by molar-refractivity contribution is -0.125. The zero-order valence-corrected chi connectivity index (χ0v) is 13.2. The molecule has 2 atom stereocenters. The highest BCUT2D eigenvalue weighted by atomic mass is 35.5. The first-order valence-electron chi connectivity index (χ1n) is 7.45. The van der Waals surface area contributed by atoms with E-state index in [-0.39, 0.29) is 17.9 Å². The minimum atomic E-state index is -0.439. The minimum Gasteiger partial charge on any atom is -0.352 e. The van der Waals surface area contributed by atoms with Gasteiger partial charge >= 0.3 is 0 Å². The lowest BCUT2D eigenvalue weighted by Crippen LogP contribution is -2.43. The van der Waals surface area contributed by atoms with Crippen molar-refractivity contribution in [2.45, 2.75) is 24.9 Å². The maximum absolute atomic E-state index is 12.2. The van der Waals surface area contributed by atoms with Gasteiger partial charge in [-0.05, 0) is 30.2 Å². The van der Waals surface area contributed by atoms with Crippen LogP contribution in [0.3, 0.4) is 0 Å². The van der Waals surface area contributed by atoms with Crippen LogP contribution in [0.5, 0.6) is 0 Å². The summed E-state index contributed by atoms with van der Waals surface area (Å²) in [4.78, 5) is 23.4. The van der Waals surface area contributed by atoms with Crippen molar-refractivity contribution >= 4 is 23.4 Å². The molecular formula is C16H17ClN4O2. The molecule has 2 aromatic rings. The van der Waals surface area contributed by atoms with E-state index in [0.717, 1.165) is 5.56 Å². The number of nitrogens with one attached hydrogen (secondary N) is 2. The van der Waals surface area contributed by atoms with Crippen LogP contribution in [0.2, 0.25) is 5.02 Å². The van der Waals surface area contributed by atoms with Gasteiger partial charge in [0.2, 0.25) is 11.8 Å². The first-order valence-corrected chi connectivity index (χ1v) is 7.83. The molecule has 1 aliphatic rings. The van der Waals surface area contributed by atoms with Gasteiger partial charge in [0, 0.05) is 30.4 Å². The van der Waals surface area contributed by atoms with Crippen molar-refractivity contribution in [1.82, 2.24) is 20.4 Å². The molecule has 0 spiro atoms. The summed E-state index contributed by atoms with van der Waals surface area (Å²) >= 11 is 5.94. The van der Waals surface area contributed by atoms with Crippen molar-refractivity contribution in [2.75, 3.05) is 6.54 Å². The highest BCUT2D eigenvalue weighted by molar-refractivity contribution is 6.30. The van der Waals surface area contributed by atoms with Crippen LogP contribution in [0, 0.1) is 0 Å². The summed E-state index contributed by atoms with van der Waals surface area (Å²) in [5.41, 5.74) is 0.994. The Labute approximate surface area is 138 Å². The first-order chi connectivity index (χ1) is 11.1. The number of amides is 2. The Balaban J connectivity index is 1.71. The van der Waals surface area contributed by atoms with E-state index >= 15 is 0 Å². The lowest BCUT2D eigenvalue weighted by atomic mass is 10.1. The van der Waals surface area contributed by atoms with E-state index in [4.69, 9.17) is 11.6 Å². The molecule has 0 unspecified atom stereocenters. The molecule has 1 fully saturated rings. The van der Waals surface area contributed by atoms with Crippen molar-refractivity contribution in [2.24, 2.45) is 0 Å². The third-order valence-electron chi connectivity index (χ3n) is 3.88. The summed E-state index contributed by atoms with van der Waals surface area (Å²) in [6, 6.07) is 8.71.